The summed E-state index contributed by atoms with van der Waals surface area (Å²) in [5.41, 5.74) is 0. The maximum atomic E-state index is 11.8. The molecule has 23 heavy (non-hydrogen) atoms. The molecule has 2 aromatic heterocycles. The van der Waals surface area contributed by atoms with Gasteiger partial charge in [-0.25, -0.2) is 4.79 Å². The number of urea groups is 1. The maximum Gasteiger partial charge on any atom is 0.317 e. The van der Waals surface area contributed by atoms with Gasteiger partial charge in [0.15, 0.2) is 5.76 Å². The van der Waals surface area contributed by atoms with Crippen molar-refractivity contribution in [3.05, 3.63) is 24.3 Å². The molecule has 0 aliphatic carbocycles. The highest BCUT2D eigenvalue weighted by molar-refractivity contribution is 5.76. The lowest BCUT2D eigenvalue weighted by atomic mass is 10.0. The first-order chi connectivity index (χ1) is 11.3. The topological polar surface area (TPSA) is 87.6 Å². The number of nitrogens with one attached hydrogen (secondary N) is 1. The molecule has 0 spiro atoms. The van der Waals surface area contributed by atoms with Gasteiger partial charge in [0.1, 0.15) is 0 Å². The van der Waals surface area contributed by atoms with Gasteiger partial charge in [-0.2, -0.15) is 4.98 Å². The van der Waals surface area contributed by atoms with Gasteiger partial charge in [0.05, 0.1) is 12.8 Å². The molecule has 0 saturated carbocycles. The van der Waals surface area contributed by atoms with E-state index >= 15 is 0 Å². The lowest BCUT2D eigenvalue weighted by Gasteiger charge is -2.36. The average Bonchev–Trinajstić information content (AvgIpc) is 3.28. The molecule has 2 fully saturated rings. The van der Waals surface area contributed by atoms with E-state index < -0.39 is 0 Å². The van der Waals surface area contributed by atoms with Gasteiger partial charge >= 0.3 is 6.03 Å². The first-order valence-corrected chi connectivity index (χ1v) is 7.93. The largest absolute Gasteiger partial charge is 0.461 e. The summed E-state index contributed by atoms with van der Waals surface area (Å²) in [7, 11) is 0. The molecule has 122 valence electrons. The number of carbonyl (C=O) groups is 1. The van der Waals surface area contributed by atoms with Crippen molar-refractivity contribution in [2.45, 2.75) is 25.4 Å². The van der Waals surface area contributed by atoms with Gasteiger partial charge in [0, 0.05) is 25.7 Å². The Bertz CT molecular complexity index is 668. The molecule has 1 N–H and O–H groups in total. The van der Waals surface area contributed by atoms with Crippen LogP contribution in [0.3, 0.4) is 0 Å². The third-order valence-corrected chi connectivity index (χ3v) is 4.38. The van der Waals surface area contributed by atoms with Crippen LogP contribution in [0.1, 0.15) is 18.7 Å². The summed E-state index contributed by atoms with van der Waals surface area (Å²) in [6, 6.07) is 3.91. The molecule has 2 amide bonds. The summed E-state index contributed by atoms with van der Waals surface area (Å²) >= 11 is 0. The number of amides is 2. The van der Waals surface area contributed by atoms with Crippen LogP contribution in [0.15, 0.2) is 27.3 Å². The van der Waals surface area contributed by atoms with E-state index in [-0.39, 0.29) is 12.1 Å². The second-order valence-electron chi connectivity index (χ2n) is 5.95. The number of carbonyl (C=O) groups excluding carboxylic acids is 1. The molecule has 0 radical (unpaired) electrons. The maximum absolute atomic E-state index is 11.8. The summed E-state index contributed by atoms with van der Waals surface area (Å²) in [4.78, 5) is 20.4. The number of furan rings is 1. The van der Waals surface area contributed by atoms with Crippen molar-refractivity contribution < 1.29 is 13.7 Å². The van der Waals surface area contributed by atoms with E-state index in [1.165, 1.54) is 0 Å². The van der Waals surface area contributed by atoms with Crippen LogP contribution in [0.2, 0.25) is 0 Å². The van der Waals surface area contributed by atoms with Gasteiger partial charge in [0.2, 0.25) is 11.7 Å². The van der Waals surface area contributed by atoms with E-state index in [0.717, 1.165) is 39.0 Å². The lowest BCUT2D eigenvalue weighted by molar-refractivity contribution is 0.113. The van der Waals surface area contributed by atoms with E-state index in [1.807, 2.05) is 4.90 Å². The Balaban J connectivity index is 1.39. The van der Waals surface area contributed by atoms with Crippen LogP contribution in [-0.2, 0) is 6.54 Å². The van der Waals surface area contributed by atoms with Gasteiger partial charge in [-0.15, -0.1) is 0 Å². The zero-order chi connectivity index (χ0) is 15.6. The first kappa shape index (κ1) is 14.3. The van der Waals surface area contributed by atoms with Gasteiger partial charge in [-0.1, -0.05) is 5.16 Å². The number of nitrogens with zero attached hydrogens (tertiary/aromatic N) is 4. The fourth-order valence-corrected chi connectivity index (χ4v) is 3.28. The third-order valence-electron chi connectivity index (χ3n) is 4.38. The molecule has 0 aromatic carbocycles. The molecular weight excluding hydrogens is 298 g/mol. The molecule has 4 rings (SSSR count). The molecule has 2 aliphatic rings. The van der Waals surface area contributed by atoms with Gasteiger partial charge < -0.3 is 19.2 Å². The van der Waals surface area contributed by atoms with Crippen LogP contribution in [0.5, 0.6) is 0 Å². The van der Waals surface area contributed by atoms with Crippen LogP contribution < -0.4 is 5.32 Å². The highest BCUT2D eigenvalue weighted by Crippen LogP contribution is 2.20. The van der Waals surface area contributed by atoms with Crippen molar-refractivity contribution in [1.29, 1.82) is 0 Å². The van der Waals surface area contributed by atoms with Crippen LogP contribution >= 0.6 is 0 Å². The summed E-state index contributed by atoms with van der Waals surface area (Å²) in [6.07, 6.45) is 3.70. The fourth-order valence-electron chi connectivity index (χ4n) is 3.28. The van der Waals surface area contributed by atoms with E-state index in [1.54, 1.807) is 18.4 Å². The number of hydrogen-bond acceptors (Lipinski definition) is 6. The Kier molecular flexibility index (Phi) is 3.74. The highest BCUT2D eigenvalue weighted by atomic mass is 16.5. The van der Waals surface area contributed by atoms with E-state index in [4.69, 9.17) is 8.94 Å². The minimum atomic E-state index is 0.0507. The first-order valence-electron chi connectivity index (χ1n) is 7.93. The summed E-state index contributed by atoms with van der Waals surface area (Å²) in [6.45, 7) is 3.95. The van der Waals surface area contributed by atoms with Gasteiger partial charge in [0.25, 0.3) is 0 Å². The zero-order valence-electron chi connectivity index (χ0n) is 12.8. The summed E-state index contributed by atoms with van der Waals surface area (Å²) in [5, 5.41) is 6.82. The second kappa shape index (κ2) is 6.04. The SMILES string of the molecule is O=C1NCCN1[C@H]1CCCN(Cc2nc(-c3ccco3)no2)C1. The molecule has 8 nitrogen and oxygen atoms in total. The smallest absolute Gasteiger partial charge is 0.317 e. The molecule has 2 aliphatic heterocycles. The Morgan fingerprint density at radius 3 is 3.13 bits per heavy atom. The standard InChI is InChI=1S/C15H19N5O3/c21-15-16-5-7-20(15)11-3-1-6-19(9-11)10-13-17-14(18-23-13)12-4-2-8-22-12/h2,4,8,11H,1,3,5-7,9-10H2,(H,16,21)/t11-/m0/s1. The number of aromatic nitrogens is 2. The van der Waals surface area contributed by atoms with Gasteiger partial charge in [-0.05, 0) is 31.5 Å². The fraction of sp³-hybridized carbons (Fsp3) is 0.533. The second-order valence-corrected chi connectivity index (χ2v) is 5.95. The molecule has 0 unspecified atom stereocenters. The van der Waals surface area contributed by atoms with Crippen molar-refractivity contribution in [2.75, 3.05) is 26.2 Å². The summed E-state index contributed by atoms with van der Waals surface area (Å²) < 4.78 is 10.6. The van der Waals surface area contributed by atoms with Crippen molar-refractivity contribution in [3.8, 4) is 11.6 Å². The van der Waals surface area contributed by atoms with Crippen molar-refractivity contribution in [2.24, 2.45) is 0 Å². The minimum absolute atomic E-state index is 0.0507. The van der Waals surface area contributed by atoms with Crippen LogP contribution in [0, 0.1) is 0 Å². The zero-order valence-corrected chi connectivity index (χ0v) is 12.8. The predicted molar refractivity (Wildman–Crippen MR) is 80.4 cm³/mol. The van der Waals surface area contributed by atoms with Crippen LogP contribution in [0.4, 0.5) is 4.79 Å². The van der Waals surface area contributed by atoms with Crippen LogP contribution in [0.25, 0.3) is 11.6 Å². The number of rotatable bonds is 4. The average molecular weight is 317 g/mol. The Morgan fingerprint density at radius 1 is 1.39 bits per heavy atom. The van der Waals surface area contributed by atoms with E-state index in [9.17, 15) is 4.79 Å². The molecular formula is C15H19N5O3. The van der Waals surface area contributed by atoms with E-state index in [2.05, 4.69) is 20.4 Å². The third kappa shape index (κ3) is 2.94. The quantitative estimate of drug-likeness (QED) is 0.915. The number of likely N-dealkylation sites (tertiary alicyclic amines) is 1. The Hall–Kier alpha value is -2.35. The van der Waals surface area contributed by atoms with E-state index in [0.29, 0.717) is 24.0 Å². The molecule has 4 heterocycles. The van der Waals surface area contributed by atoms with Crippen molar-refractivity contribution >= 4 is 6.03 Å². The van der Waals surface area contributed by atoms with Crippen molar-refractivity contribution in [1.82, 2.24) is 25.3 Å². The molecule has 2 aromatic rings. The van der Waals surface area contributed by atoms with Gasteiger partial charge in [-0.3, -0.25) is 4.90 Å². The highest BCUT2D eigenvalue weighted by Gasteiger charge is 2.31. The molecule has 2 saturated heterocycles. The molecule has 0 bridgehead atoms. The minimum Gasteiger partial charge on any atom is -0.461 e. The lowest BCUT2D eigenvalue weighted by Crippen LogP contribution is -2.48. The number of piperidine rings is 1. The monoisotopic (exact) mass is 317 g/mol. The summed E-state index contributed by atoms with van der Waals surface area (Å²) in [5.74, 6) is 1.64. The van der Waals surface area contributed by atoms with Crippen LogP contribution in [-0.4, -0.2) is 58.2 Å². The normalized spacial score (nSPS) is 22.5. The Morgan fingerprint density at radius 2 is 2.35 bits per heavy atom. The predicted octanol–water partition coefficient (Wildman–Crippen LogP) is 1.32. The van der Waals surface area contributed by atoms with Crippen molar-refractivity contribution in [3.63, 3.8) is 0 Å². The number of hydrogen-bond donors (Lipinski definition) is 1. The molecule has 8 heteroatoms. The Labute approximate surface area is 133 Å². The molecule has 1 atom stereocenters.